The first kappa shape index (κ1) is 14.4. The lowest BCUT2D eigenvalue weighted by molar-refractivity contribution is -0.265. The summed E-state index contributed by atoms with van der Waals surface area (Å²) < 4.78 is 80.2. The molecule has 1 aliphatic heterocycles. The van der Waals surface area contributed by atoms with Crippen LogP contribution in [0.15, 0.2) is 29.3 Å². The molecular weight excluding hydrogens is 292 g/mol. The highest BCUT2D eigenvalue weighted by atomic mass is 19.4. The molecule has 2 rings (SSSR count). The Bertz CT molecular complexity index is 560. The van der Waals surface area contributed by atoms with Gasteiger partial charge in [-0.25, -0.2) is 9.79 Å². The Morgan fingerprint density at radius 2 is 1.55 bits per heavy atom. The average molecular weight is 297 g/mol. The lowest BCUT2D eigenvalue weighted by Crippen LogP contribution is -2.41. The highest BCUT2D eigenvalue weighted by Crippen LogP contribution is 2.45. The van der Waals surface area contributed by atoms with E-state index >= 15 is 0 Å². The molecule has 108 valence electrons. The van der Waals surface area contributed by atoms with Crippen molar-refractivity contribution in [3.63, 3.8) is 0 Å². The smallest absolute Gasteiger partial charge is 0.418 e. The third-order valence-electron chi connectivity index (χ3n) is 2.59. The zero-order valence-electron chi connectivity index (χ0n) is 9.42. The van der Waals surface area contributed by atoms with E-state index < -0.39 is 35.2 Å². The van der Waals surface area contributed by atoms with Crippen LogP contribution in [-0.4, -0.2) is 18.4 Å². The molecule has 9 heteroatoms. The van der Waals surface area contributed by atoms with E-state index in [0.717, 1.165) is 0 Å². The summed E-state index contributed by atoms with van der Waals surface area (Å²) in [6.45, 7) is 0. The quantitative estimate of drug-likeness (QED) is 0.590. The van der Waals surface area contributed by atoms with Crippen molar-refractivity contribution in [3.8, 4) is 0 Å². The number of hydrogen-bond donors (Lipinski definition) is 0. The van der Waals surface area contributed by atoms with E-state index in [0.29, 0.717) is 30.5 Å². The average Bonchev–Trinajstić information content (AvgIpc) is 2.71. The predicted molar refractivity (Wildman–Crippen MR) is 53.8 cm³/mol. The summed E-state index contributed by atoms with van der Waals surface area (Å²) >= 11 is 0. The van der Waals surface area contributed by atoms with Crippen LogP contribution in [-0.2, 0) is 21.4 Å². The third-order valence-corrected chi connectivity index (χ3v) is 2.59. The van der Waals surface area contributed by atoms with Crippen LogP contribution in [0.5, 0.6) is 0 Å². The summed E-state index contributed by atoms with van der Waals surface area (Å²) in [5.74, 6) is -1.32. The third kappa shape index (κ3) is 2.23. The molecule has 20 heavy (non-hydrogen) atoms. The van der Waals surface area contributed by atoms with Gasteiger partial charge in [-0.15, -0.1) is 0 Å². The maximum Gasteiger partial charge on any atom is 0.455 e. The second-order valence-corrected chi connectivity index (χ2v) is 3.90. The first-order valence-corrected chi connectivity index (χ1v) is 5.09. The van der Waals surface area contributed by atoms with Crippen molar-refractivity contribution < 1.29 is 35.9 Å². The lowest BCUT2D eigenvalue weighted by Gasteiger charge is -2.27. The molecule has 0 amide bonds. The zero-order valence-corrected chi connectivity index (χ0v) is 9.42. The lowest BCUT2D eigenvalue weighted by atomic mass is 10.0. The van der Waals surface area contributed by atoms with Crippen LogP contribution < -0.4 is 0 Å². The first-order chi connectivity index (χ1) is 9.06. The number of cyclic esters (lactones) is 1. The molecule has 0 aliphatic carbocycles. The number of carbonyl (C=O) groups is 1. The normalized spacial score (nSPS) is 23.0. The van der Waals surface area contributed by atoms with E-state index in [2.05, 4.69) is 9.73 Å². The van der Waals surface area contributed by atoms with Gasteiger partial charge in [-0.3, -0.25) is 0 Å². The van der Waals surface area contributed by atoms with Gasteiger partial charge in [-0.2, -0.15) is 26.3 Å². The van der Waals surface area contributed by atoms with Crippen molar-refractivity contribution >= 4 is 12.2 Å². The fourth-order valence-corrected chi connectivity index (χ4v) is 1.66. The molecule has 0 spiro atoms. The van der Waals surface area contributed by atoms with Crippen LogP contribution in [0.2, 0.25) is 0 Å². The standard InChI is InChI=1S/C11H5F6NO2/c12-10(13,14)7-3-1-6(2-4-7)9(11(15,16)17)18-5-8(19)20-9/h1-5H. The number of halogens is 6. The van der Waals surface area contributed by atoms with Gasteiger partial charge in [0, 0.05) is 5.56 Å². The highest BCUT2D eigenvalue weighted by Gasteiger charge is 2.62. The van der Waals surface area contributed by atoms with E-state index in [1.807, 2.05) is 0 Å². The summed E-state index contributed by atoms with van der Waals surface area (Å²) in [4.78, 5) is 13.8. The molecule has 1 heterocycles. The molecule has 0 saturated carbocycles. The predicted octanol–water partition coefficient (Wildman–Crippen LogP) is 3.05. The minimum atomic E-state index is -5.09. The van der Waals surface area contributed by atoms with Gasteiger partial charge < -0.3 is 4.74 Å². The van der Waals surface area contributed by atoms with E-state index in [1.54, 1.807) is 0 Å². The number of carbonyl (C=O) groups excluding carboxylic acids is 1. The van der Waals surface area contributed by atoms with E-state index in [-0.39, 0.29) is 0 Å². The van der Waals surface area contributed by atoms with Crippen molar-refractivity contribution in [1.29, 1.82) is 0 Å². The number of aliphatic imine (C=N–C) groups is 1. The Morgan fingerprint density at radius 3 is 1.90 bits per heavy atom. The van der Waals surface area contributed by atoms with Crippen LogP contribution in [0.4, 0.5) is 26.3 Å². The van der Waals surface area contributed by atoms with Crippen LogP contribution in [0.1, 0.15) is 11.1 Å². The van der Waals surface area contributed by atoms with Crippen molar-refractivity contribution in [2.75, 3.05) is 0 Å². The summed E-state index contributed by atoms with van der Waals surface area (Å²) in [6, 6.07) is 2.08. The maximum atomic E-state index is 13.0. The van der Waals surface area contributed by atoms with E-state index in [9.17, 15) is 31.1 Å². The Morgan fingerprint density at radius 1 is 1.00 bits per heavy atom. The molecule has 3 nitrogen and oxygen atoms in total. The summed E-state index contributed by atoms with van der Waals surface area (Å²) in [5.41, 5.74) is -5.11. The molecule has 1 aromatic rings. The van der Waals surface area contributed by atoms with Gasteiger partial charge in [0.1, 0.15) is 6.21 Å². The Hall–Kier alpha value is -2.06. The second-order valence-electron chi connectivity index (χ2n) is 3.90. The molecule has 0 bridgehead atoms. The number of benzene rings is 1. The SMILES string of the molecule is O=C1C=NC(c2ccc(C(F)(F)F)cc2)(C(F)(F)F)O1. The Labute approximate surface area is 107 Å². The second kappa shape index (κ2) is 4.22. The van der Waals surface area contributed by atoms with Crippen LogP contribution >= 0.6 is 0 Å². The van der Waals surface area contributed by atoms with Gasteiger partial charge >= 0.3 is 24.0 Å². The Balaban J connectivity index is 2.47. The Kier molecular flexibility index (Phi) is 3.03. The summed E-state index contributed by atoms with van der Waals surface area (Å²) in [5, 5.41) is 0. The molecule has 1 atom stereocenters. The number of esters is 1. The molecule has 1 unspecified atom stereocenters. The maximum absolute atomic E-state index is 13.0. The molecular formula is C11H5F6NO2. The van der Waals surface area contributed by atoms with Crippen molar-refractivity contribution in [3.05, 3.63) is 35.4 Å². The minimum absolute atomic E-state index is 0.338. The van der Waals surface area contributed by atoms with Crippen molar-refractivity contribution in [2.45, 2.75) is 18.1 Å². The van der Waals surface area contributed by atoms with E-state index in [1.165, 1.54) is 0 Å². The number of nitrogens with zero attached hydrogens (tertiary/aromatic N) is 1. The number of hydrogen-bond acceptors (Lipinski definition) is 3. The summed E-state index contributed by atoms with van der Waals surface area (Å²) in [6.07, 6.45) is -9.43. The topological polar surface area (TPSA) is 38.7 Å². The highest BCUT2D eigenvalue weighted by molar-refractivity contribution is 6.24. The van der Waals surface area contributed by atoms with Gasteiger partial charge in [0.25, 0.3) is 0 Å². The molecule has 1 aromatic carbocycles. The van der Waals surface area contributed by atoms with E-state index in [4.69, 9.17) is 0 Å². The van der Waals surface area contributed by atoms with Crippen LogP contribution in [0.3, 0.4) is 0 Å². The van der Waals surface area contributed by atoms with Gasteiger partial charge in [0.05, 0.1) is 5.56 Å². The summed E-state index contributed by atoms with van der Waals surface area (Å²) in [7, 11) is 0. The van der Waals surface area contributed by atoms with Gasteiger partial charge in [-0.05, 0) is 12.1 Å². The molecule has 1 aliphatic rings. The van der Waals surface area contributed by atoms with Gasteiger partial charge in [-0.1, -0.05) is 12.1 Å². The van der Waals surface area contributed by atoms with Crippen molar-refractivity contribution in [2.24, 2.45) is 4.99 Å². The van der Waals surface area contributed by atoms with Gasteiger partial charge in [0.2, 0.25) is 0 Å². The van der Waals surface area contributed by atoms with Crippen LogP contribution in [0, 0.1) is 0 Å². The minimum Gasteiger partial charge on any atom is -0.418 e. The van der Waals surface area contributed by atoms with Gasteiger partial charge in [0.15, 0.2) is 0 Å². The van der Waals surface area contributed by atoms with Crippen molar-refractivity contribution in [1.82, 2.24) is 0 Å². The number of ether oxygens (including phenoxy) is 1. The molecule has 0 saturated heterocycles. The zero-order chi connectivity index (χ0) is 15.2. The molecule has 0 aromatic heterocycles. The molecule has 0 fully saturated rings. The first-order valence-electron chi connectivity index (χ1n) is 5.09. The fraction of sp³-hybridized carbons (Fsp3) is 0.273. The van der Waals surface area contributed by atoms with Crippen LogP contribution in [0.25, 0.3) is 0 Å². The largest absolute Gasteiger partial charge is 0.455 e. The monoisotopic (exact) mass is 297 g/mol. The molecule has 0 radical (unpaired) electrons. The number of alkyl halides is 6. The number of rotatable bonds is 1. The molecule has 0 N–H and O–H groups in total. The fourth-order valence-electron chi connectivity index (χ4n) is 1.66.